The zero-order chi connectivity index (χ0) is 29.8. The number of carboxylic acids is 1. The van der Waals surface area contributed by atoms with Crippen LogP contribution in [0.25, 0.3) is 10.9 Å². The van der Waals surface area contributed by atoms with Crippen LogP contribution in [0.15, 0.2) is 72.9 Å². The van der Waals surface area contributed by atoms with E-state index in [-0.39, 0.29) is 55.6 Å². The molecule has 11 heteroatoms. The highest BCUT2D eigenvalue weighted by atomic mass is 16.4. The predicted octanol–water partition coefficient (Wildman–Crippen LogP) is 3.42. The first-order valence-electron chi connectivity index (χ1n) is 13.3. The number of aliphatic carboxylic acids is 1. The molecule has 0 radical (unpaired) electrons. The third-order valence-electron chi connectivity index (χ3n) is 7.08. The van der Waals surface area contributed by atoms with Gasteiger partial charge >= 0.3 is 5.97 Å². The molecule has 0 bridgehead atoms. The lowest BCUT2D eigenvalue weighted by Crippen LogP contribution is -2.38. The minimum absolute atomic E-state index is 0.0533. The molecule has 1 aromatic heterocycles. The maximum absolute atomic E-state index is 13.1. The molecule has 0 saturated carbocycles. The zero-order valence-electron chi connectivity index (χ0n) is 22.8. The van der Waals surface area contributed by atoms with Gasteiger partial charge in [-0.1, -0.05) is 30.3 Å². The number of carbonyl (C=O) groups excluding carboxylic acids is 4. The zero-order valence-corrected chi connectivity index (χ0v) is 22.8. The summed E-state index contributed by atoms with van der Waals surface area (Å²) in [4.78, 5) is 67.8. The fraction of sp³-hybridized carbons (Fsp3) is 0.194. The van der Waals surface area contributed by atoms with Crippen LogP contribution >= 0.6 is 0 Å². The summed E-state index contributed by atoms with van der Waals surface area (Å²) in [5.41, 5.74) is 4.15. The summed E-state index contributed by atoms with van der Waals surface area (Å²) in [6.45, 7) is -0.346. The van der Waals surface area contributed by atoms with Crippen molar-refractivity contribution in [2.45, 2.75) is 19.3 Å². The number of rotatable bonds is 9. The molecule has 4 N–H and O–H groups in total. The highest BCUT2D eigenvalue weighted by molar-refractivity contribution is 6.10. The van der Waals surface area contributed by atoms with Crippen LogP contribution in [0.5, 0.6) is 0 Å². The highest BCUT2D eigenvalue weighted by Gasteiger charge is 2.30. The molecule has 0 saturated heterocycles. The number of fused-ring (bicyclic) bond motifs is 2. The standard InChI is InChI=1S/C31H29N5O6/c1-35-26-11-10-22(16-24(26)31(42)36(18-29(35)39)13-12-30(40)41)34-27(37)14-19-6-8-21(9-7-19)33-28(38)15-20-17-32-25-5-3-2-4-23(20)25/h2-11,16-17,32H,12-15,18H2,1H3,(H,33,38)(H,34,37)(H,40,41). The largest absolute Gasteiger partial charge is 0.481 e. The normalized spacial score (nSPS) is 13.1. The summed E-state index contributed by atoms with van der Waals surface area (Å²) in [6.07, 6.45) is 1.82. The summed E-state index contributed by atoms with van der Waals surface area (Å²) in [5, 5.41) is 15.7. The minimum Gasteiger partial charge on any atom is -0.481 e. The monoisotopic (exact) mass is 567 g/mol. The van der Waals surface area contributed by atoms with E-state index in [1.54, 1.807) is 43.4 Å². The Balaban J connectivity index is 1.20. The Bertz CT molecular complexity index is 1690. The second-order valence-corrected chi connectivity index (χ2v) is 10.1. The van der Waals surface area contributed by atoms with Gasteiger partial charge in [-0.25, -0.2) is 0 Å². The van der Waals surface area contributed by atoms with Crippen molar-refractivity contribution in [2.75, 3.05) is 35.7 Å². The number of amides is 4. The Morgan fingerprint density at radius 1 is 0.905 bits per heavy atom. The Labute approximate surface area is 241 Å². The molecule has 0 aliphatic carbocycles. The van der Waals surface area contributed by atoms with E-state index in [0.29, 0.717) is 17.1 Å². The molecule has 1 aliphatic heterocycles. The van der Waals surface area contributed by atoms with Crippen LogP contribution in [0, 0.1) is 0 Å². The number of benzene rings is 3. The fourth-order valence-corrected chi connectivity index (χ4v) is 4.89. The summed E-state index contributed by atoms with van der Waals surface area (Å²) in [6, 6.07) is 19.4. The highest BCUT2D eigenvalue weighted by Crippen LogP contribution is 2.28. The average Bonchev–Trinajstić information content (AvgIpc) is 3.34. The van der Waals surface area contributed by atoms with Crippen molar-refractivity contribution in [2.24, 2.45) is 0 Å². The van der Waals surface area contributed by atoms with Crippen LogP contribution in [0.4, 0.5) is 17.1 Å². The summed E-state index contributed by atoms with van der Waals surface area (Å²) in [5.74, 6) is -2.38. The van der Waals surface area contributed by atoms with E-state index in [0.717, 1.165) is 22.0 Å². The van der Waals surface area contributed by atoms with Crippen molar-refractivity contribution in [3.05, 3.63) is 89.6 Å². The number of H-pyrrole nitrogens is 1. The van der Waals surface area contributed by atoms with E-state index in [4.69, 9.17) is 5.11 Å². The number of anilines is 3. The maximum atomic E-state index is 13.1. The Morgan fingerprint density at radius 2 is 1.60 bits per heavy atom. The molecule has 0 spiro atoms. The first-order chi connectivity index (χ1) is 20.2. The molecule has 0 atom stereocenters. The van der Waals surface area contributed by atoms with Crippen LogP contribution in [-0.2, 0) is 32.0 Å². The van der Waals surface area contributed by atoms with E-state index in [2.05, 4.69) is 15.6 Å². The molecule has 4 amide bonds. The summed E-state index contributed by atoms with van der Waals surface area (Å²) < 4.78 is 0. The molecule has 214 valence electrons. The van der Waals surface area contributed by atoms with Crippen molar-refractivity contribution in [3.8, 4) is 0 Å². The predicted molar refractivity (Wildman–Crippen MR) is 157 cm³/mol. The second kappa shape index (κ2) is 12.0. The van der Waals surface area contributed by atoms with Crippen LogP contribution in [-0.4, -0.2) is 64.7 Å². The SMILES string of the molecule is CN1C(=O)CN(CCC(=O)O)C(=O)c2cc(NC(=O)Cc3ccc(NC(=O)Cc4c[nH]c5ccccc45)cc3)ccc21. The molecule has 5 rings (SSSR count). The number of likely N-dealkylation sites (N-methyl/N-ethyl adjacent to an activating group) is 1. The van der Waals surface area contributed by atoms with Gasteiger partial charge in [0.25, 0.3) is 5.91 Å². The number of aromatic nitrogens is 1. The van der Waals surface area contributed by atoms with Gasteiger partial charge in [0.2, 0.25) is 17.7 Å². The van der Waals surface area contributed by atoms with Gasteiger partial charge in [-0.15, -0.1) is 0 Å². The van der Waals surface area contributed by atoms with Crippen LogP contribution in [0.3, 0.4) is 0 Å². The van der Waals surface area contributed by atoms with E-state index in [1.807, 2.05) is 30.5 Å². The Morgan fingerprint density at radius 3 is 2.36 bits per heavy atom. The van der Waals surface area contributed by atoms with Gasteiger partial charge in [0.1, 0.15) is 6.54 Å². The first kappa shape index (κ1) is 28.1. The van der Waals surface area contributed by atoms with Gasteiger partial charge in [-0.3, -0.25) is 24.0 Å². The van der Waals surface area contributed by atoms with Crippen molar-refractivity contribution in [3.63, 3.8) is 0 Å². The minimum atomic E-state index is -1.07. The smallest absolute Gasteiger partial charge is 0.305 e. The van der Waals surface area contributed by atoms with Gasteiger partial charge in [0.05, 0.1) is 30.5 Å². The maximum Gasteiger partial charge on any atom is 0.305 e. The lowest BCUT2D eigenvalue weighted by molar-refractivity contribution is -0.137. The number of hydrogen-bond acceptors (Lipinski definition) is 5. The number of para-hydroxylation sites is 1. The van der Waals surface area contributed by atoms with Gasteiger partial charge in [-0.05, 0) is 47.5 Å². The number of nitrogens with zero attached hydrogens (tertiary/aromatic N) is 2. The quantitative estimate of drug-likeness (QED) is 0.243. The molecule has 2 heterocycles. The summed E-state index contributed by atoms with van der Waals surface area (Å²) >= 11 is 0. The molecule has 1 aliphatic rings. The van der Waals surface area contributed by atoms with Crippen molar-refractivity contribution in [1.82, 2.24) is 9.88 Å². The number of carboxylic acid groups (broad SMARTS) is 1. The number of aromatic amines is 1. The molecular formula is C31H29N5O6. The van der Waals surface area contributed by atoms with E-state index in [1.165, 1.54) is 15.9 Å². The molecule has 0 unspecified atom stereocenters. The topological polar surface area (TPSA) is 152 Å². The molecule has 4 aromatic rings. The molecule has 3 aromatic carbocycles. The summed E-state index contributed by atoms with van der Waals surface area (Å²) in [7, 11) is 1.54. The average molecular weight is 568 g/mol. The van der Waals surface area contributed by atoms with Crippen LogP contribution in [0.2, 0.25) is 0 Å². The van der Waals surface area contributed by atoms with Crippen molar-refractivity contribution >= 4 is 57.6 Å². The lowest BCUT2D eigenvalue weighted by Gasteiger charge is -2.19. The molecular weight excluding hydrogens is 538 g/mol. The molecule has 0 fully saturated rings. The van der Waals surface area contributed by atoms with Crippen molar-refractivity contribution in [1.29, 1.82) is 0 Å². The lowest BCUT2D eigenvalue weighted by atomic mass is 10.1. The van der Waals surface area contributed by atoms with Crippen LogP contribution in [0.1, 0.15) is 27.9 Å². The third-order valence-corrected chi connectivity index (χ3v) is 7.08. The van der Waals surface area contributed by atoms with Gasteiger partial charge in [-0.2, -0.15) is 0 Å². The Hall–Kier alpha value is -5.45. The van der Waals surface area contributed by atoms with Crippen LogP contribution < -0.4 is 15.5 Å². The van der Waals surface area contributed by atoms with E-state index >= 15 is 0 Å². The van der Waals surface area contributed by atoms with Crippen molar-refractivity contribution < 1.29 is 29.1 Å². The van der Waals surface area contributed by atoms with Gasteiger partial charge < -0.3 is 30.5 Å². The first-order valence-corrected chi connectivity index (χ1v) is 13.3. The molecule has 42 heavy (non-hydrogen) atoms. The van der Waals surface area contributed by atoms with Gasteiger partial charge in [0.15, 0.2) is 0 Å². The number of nitrogens with one attached hydrogen (secondary N) is 3. The number of hydrogen-bond donors (Lipinski definition) is 4. The number of carbonyl (C=O) groups is 5. The Kier molecular flexibility index (Phi) is 8.00. The van der Waals surface area contributed by atoms with E-state index < -0.39 is 11.9 Å². The third kappa shape index (κ3) is 6.30. The van der Waals surface area contributed by atoms with Gasteiger partial charge in [0, 0.05) is 42.1 Å². The van der Waals surface area contributed by atoms with E-state index in [9.17, 15) is 24.0 Å². The fourth-order valence-electron chi connectivity index (χ4n) is 4.89. The second-order valence-electron chi connectivity index (χ2n) is 10.1. The molecule has 11 nitrogen and oxygen atoms in total.